The van der Waals surface area contributed by atoms with Gasteiger partial charge in [-0.25, -0.2) is 4.99 Å². The number of aliphatic imine (C=N–C) groups is 1. The Morgan fingerprint density at radius 1 is 0.786 bits per heavy atom. The Morgan fingerprint density at radius 2 is 1.39 bits per heavy atom. The van der Waals surface area contributed by atoms with Crippen LogP contribution in [-0.2, 0) is 0 Å². The fourth-order valence-corrected chi connectivity index (χ4v) is 2.84. The van der Waals surface area contributed by atoms with Crippen molar-refractivity contribution in [2.45, 2.75) is 0 Å². The Balaban J connectivity index is 1.97. The lowest BCUT2D eigenvalue weighted by Gasteiger charge is -2.16. The van der Waals surface area contributed by atoms with Crippen molar-refractivity contribution >= 4 is 34.5 Å². The second-order valence-electron chi connectivity index (χ2n) is 5.78. The molecule has 0 saturated carbocycles. The highest BCUT2D eigenvalue weighted by Gasteiger charge is 2.13. The van der Waals surface area contributed by atoms with E-state index in [1.807, 2.05) is 78.9 Å². The Bertz CT molecular complexity index is 974. The summed E-state index contributed by atoms with van der Waals surface area (Å²) in [5.41, 5.74) is 2.35. The number of benzene rings is 3. The average molecular weight is 391 g/mol. The molecular formula is C22H21N3O2S. The van der Waals surface area contributed by atoms with Crippen LogP contribution in [0.3, 0.4) is 0 Å². The minimum Gasteiger partial charge on any atom is -0.496 e. The first kappa shape index (κ1) is 19.4. The maximum absolute atomic E-state index is 5.50. The highest BCUT2D eigenvalue weighted by molar-refractivity contribution is 7.80. The van der Waals surface area contributed by atoms with Crippen LogP contribution in [0.15, 0.2) is 83.9 Å². The van der Waals surface area contributed by atoms with Crippen molar-refractivity contribution in [3.05, 3.63) is 84.4 Å². The molecule has 5 nitrogen and oxygen atoms in total. The van der Waals surface area contributed by atoms with Crippen LogP contribution in [0.4, 0.5) is 11.4 Å². The summed E-state index contributed by atoms with van der Waals surface area (Å²) in [6.45, 7) is 0. The number of amidine groups is 1. The predicted octanol–water partition coefficient (Wildman–Crippen LogP) is 4.77. The van der Waals surface area contributed by atoms with Crippen LogP contribution in [0.5, 0.6) is 11.5 Å². The van der Waals surface area contributed by atoms with E-state index in [9.17, 15) is 0 Å². The topological polar surface area (TPSA) is 54.9 Å². The van der Waals surface area contributed by atoms with Gasteiger partial charge in [0.1, 0.15) is 23.0 Å². The average Bonchev–Trinajstić information content (AvgIpc) is 2.74. The van der Waals surface area contributed by atoms with Crippen LogP contribution >= 0.6 is 12.2 Å². The van der Waals surface area contributed by atoms with E-state index in [2.05, 4.69) is 10.6 Å². The normalized spacial score (nSPS) is 10.9. The van der Waals surface area contributed by atoms with Crippen molar-refractivity contribution in [1.29, 1.82) is 0 Å². The molecule has 0 aliphatic rings. The predicted molar refractivity (Wildman–Crippen MR) is 118 cm³/mol. The summed E-state index contributed by atoms with van der Waals surface area (Å²) in [6.07, 6.45) is 0. The molecular weight excluding hydrogens is 370 g/mol. The summed E-state index contributed by atoms with van der Waals surface area (Å²) in [7, 11) is 3.24. The van der Waals surface area contributed by atoms with E-state index in [0.29, 0.717) is 28.1 Å². The van der Waals surface area contributed by atoms with Gasteiger partial charge in [-0.2, -0.15) is 0 Å². The van der Waals surface area contributed by atoms with E-state index in [4.69, 9.17) is 26.7 Å². The highest BCUT2D eigenvalue weighted by Crippen LogP contribution is 2.28. The van der Waals surface area contributed by atoms with Crippen molar-refractivity contribution in [2.75, 3.05) is 19.5 Å². The fourth-order valence-electron chi connectivity index (χ4n) is 2.63. The lowest BCUT2D eigenvalue weighted by atomic mass is 10.1. The van der Waals surface area contributed by atoms with Gasteiger partial charge in [-0.05, 0) is 48.6 Å². The van der Waals surface area contributed by atoms with Gasteiger partial charge in [0, 0.05) is 5.69 Å². The molecule has 6 heteroatoms. The molecule has 0 aliphatic carbocycles. The number of rotatable bonds is 5. The van der Waals surface area contributed by atoms with Gasteiger partial charge in [0.2, 0.25) is 0 Å². The van der Waals surface area contributed by atoms with Crippen molar-refractivity contribution < 1.29 is 9.47 Å². The van der Waals surface area contributed by atoms with E-state index >= 15 is 0 Å². The van der Waals surface area contributed by atoms with Gasteiger partial charge in [-0.15, -0.1) is 0 Å². The van der Waals surface area contributed by atoms with Crippen LogP contribution in [0, 0.1) is 0 Å². The van der Waals surface area contributed by atoms with Crippen molar-refractivity contribution in [1.82, 2.24) is 5.32 Å². The zero-order chi connectivity index (χ0) is 19.8. The summed E-state index contributed by atoms with van der Waals surface area (Å²) in [5.74, 6) is 1.90. The van der Waals surface area contributed by atoms with Crippen LogP contribution in [0.25, 0.3) is 0 Å². The molecule has 0 aliphatic heterocycles. The highest BCUT2D eigenvalue weighted by atomic mass is 32.1. The number of hydrogen-bond donors (Lipinski definition) is 2. The largest absolute Gasteiger partial charge is 0.496 e. The molecule has 142 valence electrons. The van der Waals surface area contributed by atoms with Crippen LogP contribution in [-0.4, -0.2) is 25.2 Å². The molecule has 0 fully saturated rings. The van der Waals surface area contributed by atoms with E-state index < -0.39 is 0 Å². The minimum absolute atomic E-state index is 0.422. The van der Waals surface area contributed by atoms with Gasteiger partial charge in [0.25, 0.3) is 0 Å². The Hall–Kier alpha value is -3.38. The number of ether oxygens (including phenoxy) is 2. The van der Waals surface area contributed by atoms with Crippen molar-refractivity contribution in [3.8, 4) is 11.5 Å². The number of para-hydroxylation sites is 4. The number of methoxy groups -OCH3 is 2. The molecule has 0 spiro atoms. The van der Waals surface area contributed by atoms with Crippen molar-refractivity contribution in [3.63, 3.8) is 0 Å². The molecule has 0 saturated heterocycles. The molecule has 3 aromatic rings. The lowest BCUT2D eigenvalue weighted by molar-refractivity contribution is 0.413. The van der Waals surface area contributed by atoms with Crippen molar-refractivity contribution in [2.24, 2.45) is 4.99 Å². The molecule has 0 unspecified atom stereocenters. The number of nitrogens with zero attached hydrogens (tertiary/aromatic N) is 1. The molecule has 0 heterocycles. The van der Waals surface area contributed by atoms with Gasteiger partial charge in [0.15, 0.2) is 5.11 Å². The second kappa shape index (κ2) is 9.53. The summed E-state index contributed by atoms with van der Waals surface area (Å²) < 4.78 is 10.9. The van der Waals surface area contributed by atoms with E-state index in [1.54, 1.807) is 14.2 Å². The van der Waals surface area contributed by atoms with Gasteiger partial charge in [-0.3, -0.25) is 0 Å². The molecule has 0 amide bonds. The molecule has 0 radical (unpaired) electrons. The zero-order valence-corrected chi connectivity index (χ0v) is 16.5. The number of hydrogen-bond acceptors (Lipinski definition) is 4. The summed E-state index contributed by atoms with van der Waals surface area (Å²) in [4.78, 5) is 4.76. The third-order valence-electron chi connectivity index (χ3n) is 3.94. The van der Waals surface area contributed by atoms with E-state index in [-0.39, 0.29) is 0 Å². The molecule has 28 heavy (non-hydrogen) atoms. The van der Waals surface area contributed by atoms with E-state index in [1.165, 1.54) is 0 Å². The first-order valence-corrected chi connectivity index (χ1v) is 9.10. The fraction of sp³-hybridized carbons (Fsp3) is 0.0909. The third kappa shape index (κ3) is 4.86. The molecule has 0 atom stereocenters. The Labute approximate surface area is 170 Å². The molecule has 0 bridgehead atoms. The molecule has 3 aromatic carbocycles. The van der Waals surface area contributed by atoms with E-state index in [0.717, 1.165) is 11.3 Å². The van der Waals surface area contributed by atoms with Crippen LogP contribution in [0.1, 0.15) is 5.56 Å². The summed E-state index contributed by atoms with van der Waals surface area (Å²) in [5, 5.41) is 6.77. The monoisotopic (exact) mass is 391 g/mol. The zero-order valence-electron chi connectivity index (χ0n) is 15.7. The summed E-state index contributed by atoms with van der Waals surface area (Å²) >= 11 is 5.49. The SMILES string of the molecule is COc1ccccc1/N=C(\NC(=S)Nc1ccccc1)c1ccccc1OC. The molecule has 2 N–H and O–H groups in total. The lowest BCUT2D eigenvalue weighted by Crippen LogP contribution is -2.35. The van der Waals surface area contributed by atoms with Gasteiger partial charge >= 0.3 is 0 Å². The standard InChI is InChI=1S/C22H21N3O2S/c1-26-19-14-8-6-12-17(19)21(24-18-13-7-9-15-20(18)27-2)25-22(28)23-16-10-4-3-5-11-16/h3-15H,1-2H3,(H2,23,24,25,28). The van der Waals surface area contributed by atoms with Crippen LogP contribution < -0.4 is 20.1 Å². The maximum Gasteiger partial charge on any atom is 0.176 e. The Morgan fingerprint density at radius 3 is 2.11 bits per heavy atom. The summed E-state index contributed by atoms with van der Waals surface area (Å²) in [6, 6.07) is 24.9. The maximum atomic E-state index is 5.50. The second-order valence-corrected chi connectivity index (χ2v) is 6.19. The number of nitrogens with one attached hydrogen (secondary N) is 2. The minimum atomic E-state index is 0.422. The first-order valence-electron chi connectivity index (χ1n) is 8.69. The Kier molecular flexibility index (Phi) is 6.59. The first-order chi connectivity index (χ1) is 13.7. The smallest absolute Gasteiger partial charge is 0.176 e. The van der Waals surface area contributed by atoms with Gasteiger partial charge in [0.05, 0.1) is 19.8 Å². The van der Waals surface area contributed by atoms with Gasteiger partial charge in [-0.1, -0.05) is 42.5 Å². The number of anilines is 1. The number of thiocarbonyl (C=S) groups is 1. The molecule has 3 rings (SSSR count). The third-order valence-corrected chi connectivity index (χ3v) is 4.15. The van der Waals surface area contributed by atoms with Gasteiger partial charge < -0.3 is 20.1 Å². The quantitative estimate of drug-likeness (QED) is 0.373. The molecule has 0 aromatic heterocycles. The van der Waals surface area contributed by atoms with Crippen LogP contribution in [0.2, 0.25) is 0 Å².